The van der Waals surface area contributed by atoms with Crippen LogP contribution in [0.5, 0.6) is 0 Å². The van der Waals surface area contributed by atoms with Gasteiger partial charge in [0.25, 0.3) is 0 Å². The first-order valence-corrected chi connectivity index (χ1v) is 10.0. The Labute approximate surface area is 185 Å². The number of aromatic nitrogens is 2. The maximum Gasteiger partial charge on any atom is 0.416 e. The number of hydrogen-bond donors (Lipinski definition) is 1. The van der Waals surface area contributed by atoms with Gasteiger partial charge in [0.15, 0.2) is 0 Å². The number of carbonyl (C=O) groups excluding carboxylic acids is 2. The zero-order chi connectivity index (χ0) is 23.0. The molecule has 1 saturated heterocycles. The van der Waals surface area contributed by atoms with E-state index in [1.807, 2.05) is 0 Å². The highest BCUT2D eigenvalue weighted by Crippen LogP contribution is 2.34. The quantitative estimate of drug-likeness (QED) is 0.603. The summed E-state index contributed by atoms with van der Waals surface area (Å²) in [7, 11) is 0. The van der Waals surface area contributed by atoms with Crippen LogP contribution < -0.4 is 5.32 Å². The van der Waals surface area contributed by atoms with Gasteiger partial charge in [-0.05, 0) is 37.3 Å². The van der Waals surface area contributed by atoms with Crippen LogP contribution in [0.25, 0.3) is 5.69 Å². The van der Waals surface area contributed by atoms with Crippen molar-refractivity contribution in [1.82, 2.24) is 14.7 Å². The minimum Gasteiger partial charge on any atom is -0.467 e. The van der Waals surface area contributed by atoms with Crippen LogP contribution in [0.4, 0.5) is 19.0 Å². The second-order valence-electron chi connectivity index (χ2n) is 7.49. The maximum atomic E-state index is 13.2. The highest BCUT2D eigenvalue weighted by molar-refractivity contribution is 6.32. The lowest BCUT2D eigenvalue weighted by atomic mass is 10.1. The van der Waals surface area contributed by atoms with Crippen LogP contribution >= 0.6 is 11.6 Å². The lowest BCUT2D eigenvalue weighted by Gasteiger charge is -2.16. The third-order valence-electron chi connectivity index (χ3n) is 5.10. The highest BCUT2D eigenvalue weighted by Gasteiger charge is 2.35. The number of carbonyl (C=O) groups is 2. The molecule has 32 heavy (non-hydrogen) atoms. The van der Waals surface area contributed by atoms with Gasteiger partial charge < -0.3 is 14.6 Å². The molecule has 1 N–H and O–H groups in total. The fraction of sp³-hybridized carbons (Fsp3) is 0.286. The number of rotatable bonds is 5. The summed E-state index contributed by atoms with van der Waals surface area (Å²) in [6, 6.07) is 7.84. The van der Waals surface area contributed by atoms with Crippen LogP contribution in [0.1, 0.15) is 23.4 Å². The standard InChI is InChI=1S/C21H18ClF3N4O3/c1-12-7-18(29(27-12)17-9-14(21(23,24)25)4-5-16(17)22)26-20(31)13-8-19(30)28(10-13)11-15-3-2-6-32-15/h2-7,9,13H,8,10-11H2,1H3,(H,26,31). The second kappa shape index (κ2) is 8.34. The van der Waals surface area contributed by atoms with Crippen molar-refractivity contribution >= 4 is 29.2 Å². The topological polar surface area (TPSA) is 80.4 Å². The SMILES string of the molecule is Cc1cc(NC(=O)C2CC(=O)N(Cc3ccco3)C2)n(-c2cc(C(F)(F)F)ccc2Cl)n1. The summed E-state index contributed by atoms with van der Waals surface area (Å²) in [5.74, 6) is -0.493. The van der Waals surface area contributed by atoms with Gasteiger partial charge in [-0.1, -0.05) is 11.6 Å². The van der Waals surface area contributed by atoms with Gasteiger partial charge in [0.1, 0.15) is 11.6 Å². The Balaban J connectivity index is 1.54. The molecule has 1 unspecified atom stereocenters. The zero-order valence-electron chi connectivity index (χ0n) is 16.8. The Morgan fingerprint density at radius 3 is 2.78 bits per heavy atom. The summed E-state index contributed by atoms with van der Waals surface area (Å²) in [4.78, 5) is 26.7. The van der Waals surface area contributed by atoms with Crippen LogP contribution in [-0.2, 0) is 22.3 Å². The number of furan rings is 1. The van der Waals surface area contributed by atoms with E-state index in [1.165, 1.54) is 17.2 Å². The van der Waals surface area contributed by atoms with E-state index >= 15 is 0 Å². The first-order chi connectivity index (χ1) is 15.1. The molecule has 1 fully saturated rings. The zero-order valence-corrected chi connectivity index (χ0v) is 17.6. The second-order valence-corrected chi connectivity index (χ2v) is 7.90. The number of benzene rings is 1. The van der Waals surface area contributed by atoms with Crippen molar-refractivity contribution in [3.05, 3.63) is 64.7 Å². The number of hydrogen-bond acceptors (Lipinski definition) is 4. The number of nitrogens with zero attached hydrogens (tertiary/aromatic N) is 3. The molecule has 2 amide bonds. The molecule has 3 heterocycles. The molecular weight excluding hydrogens is 449 g/mol. The number of nitrogens with one attached hydrogen (secondary N) is 1. The van der Waals surface area contributed by atoms with E-state index in [0.29, 0.717) is 11.5 Å². The van der Waals surface area contributed by atoms with E-state index in [2.05, 4.69) is 10.4 Å². The number of halogens is 4. The molecule has 7 nitrogen and oxygen atoms in total. The van der Waals surface area contributed by atoms with E-state index in [9.17, 15) is 22.8 Å². The molecule has 1 aliphatic rings. The molecular formula is C21H18ClF3N4O3. The lowest BCUT2D eigenvalue weighted by molar-refractivity contribution is -0.137. The fourth-order valence-electron chi connectivity index (χ4n) is 3.54. The van der Waals surface area contributed by atoms with Crippen LogP contribution in [0, 0.1) is 12.8 Å². The monoisotopic (exact) mass is 466 g/mol. The molecule has 11 heteroatoms. The molecule has 1 aromatic carbocycles. The summed E-state index contributed by atoms with van der Waals surface area (Å²) in [5.41, 5.74) is -0.445. The van der Waals surface area contributed by atoms with Gasteiger partial charge in [-0.15, -0.1) is 0 Å². The van der Waals surface area contributed by atoms with E-state index in [0.717, 1.165) is 22.9 Å². The molecule has 0 bridgehead atoms. The Hall–Kier alpha value is -3.27. The summed E-state index contributed by atoms with van der Waals surface area (Å²) >= 11 is 6.13. The number of amides is 2. The van der Waals surface area contributed by atoms with Crippen molar-refractivity contribution in [1.29, 1.82) is 0 Å². The Kier molecular flexibility index (Phi) is 5.72. The number of likely N-dealkylation sites (tertiary alicyclic amines) is 1. The molecule has 1 aliphatic heterocycles. The van der Waals surface area contributed by atoms with Crippen molar-refractivity contribution in [3.8, 4) is 5.69 Å². The summed E-state index contributed by atoms with van der Waals surface area (Å²) < 4.78 is 45.9. The summed E-state index contributed by atoms with van der Waals surface area (Å²) in [5, 5.41) is 6.90. The number of aryl methyl sites for hydroxylation is 1. The number of alkyl halides is 3. The number of anilines is 1. The fourth-order valence-corrected chi connectivity index (χ4v) is 3.74. The van der Waals surface area contributed by atoms with Gasteiger partial charge in [-0.25, -0.2) is 4.68 Å². The predicted molar refractivity (Wildman–Crippen MR) is 109 cm³/mol. The Morgan fingerprint density at radius 1 is 1.31 bits per heavy atom. The molecule has 0 saturated carbocycles. The van der Waals surface area contributed by atoms with Crippen molar-refractivity contribution < 1.29 is 27.2 Å². The van der Waals surface area contributed by atoms with Crippen LogP contribution in [0.3, 0.4) is 0 Å². The minimum absolute atomic E-state index is 0.0178. The molecule has 168 valence electrons. The van der Waals surface area contributed by atoms with Crippen LogP contribution in [-0.4, -0.2) is 33.0 Å². The van der Waals surface area contributed by atoms with Crippen molar-refractivity contribution in [2.24, 2.45) is 5.92 Å². The molecule has 0 aliphatic carbocycles. The van der Waals surface area contributed by atoms with E-state index in [4.69, 9.17) is 16.0 Å². The van der Waals surface area contributed by atoms with Crippen LogP contribution in [0.2, 0.25) is 5.02 Å². The maximum absolute atomic E-state index is 13.2. The highest BCUT2D eigenvalue weighted by atomic mass is 35.5. The first-order valence-electron chi connectivity index (χ1n) is 9.66. The van der Waals surface area contributed by atoms with E-state index in [1.54, 1.807) is 19.1 Å². The average molecular weight is 467 g/mol. The van der Waals surface area contributed by atoms with Crippen LogP contribution in [0.15, 0.2) is 47.1 Å². The third-order valence-corrected chi connectivity index (χ3v) is 5.42. The molecule has 3 aromatic rings. The average Bonchev–Trinajstić information content (AvgIpc) is 3.43. The van der Waals surface area contributed by atoms with Gasteiger partial charge in [0, 0.05) is 19.0 Å². The van der Waals surface area contributed by atoms with Gasteiger partial charge in [-0.2, -0.15) is 18.3 Å². The third kappa shape index (κ3) is 4.50. The van der Waals surface area contributed by atoms with Gasteiger partial charge in [0.2, 0.25) is 11.8 Å². The predicted octanol–water partition coefficient (Wildman–Crippen LogP) is 4.43. The van der Waals surface area contributed by atoms with Crippen molar-refractivity contribution in [2.75, 3.05) is 11.9 Å². The lowest BCUT2D eigenvalue weighted by Crippen LogP contribution is -2.28. The van der Waals surface area contributed by atoms with Crippen molar-refractivity contribution in [2.45, 2.75) is 26.1 Å². The molecule has 2 aromatic heterocycles. The first kappa shape index (κ1) is 21.9. The van der Waals surface area contributed by atoms with Gasteiger partial charge >= 0.3 is 6.18 Å². The normalized spacial score (nSPS) is 16.6. The molecule has 0 radical (unpaired) electrons. The summed E-state index contributed by atoms with van der Waals surface area (Å²) in [6.07, 6.45) is -3.04. The van der Waals surface area contributed by atoms with E-state index in [-0.39, 0.29) is 41.9 Å². The van der Waals surface area contributed by atoms with E-state index < -0.39 is 23.6 Å². The Morgan fingerprint density at radius 2 is 2.09 bits per heavy atom. The molecule has 0 spiro atoms. The van der Waals surface area contributed by atoms with Gasteiger partial charge in [0.05, 0.1) is 40.7 Å². The summed E-state index contributed by atoms with van der Waals surface area (Å²) in [6.45, 7) is 2.09. The van der Waals surface area contributed by atoms with Crippen molar-refractivity contribution in [3.63, 3.8) is 0 Å². The smallest absolute Gasteiger partial charge is 0.416 e. The molecule has 1 atom stereocenters. The van der Waals surface area contributed by atoms with Gasteiger partial charge in [-0.3, -0.25) is 9.59 Å². The molecule has 4 rings (SSSR count). The Bertz CT molecular complexity index is 1160. The largest absolute Gasteiger partial charge is 0.467 e. The minimum atomic E-state index is -4.56.